The molecule has 0 aromatic rings. The zero-order chi connectivity index (χ0) is 12.7. The molecule has 1 aliphatic heterocycles. The number of hydrogen-bond acceptors (Lipinski definition) is 1. The van der Waals surface area contributed by atoms with Crippen LogP contribution >= 0.6 is 0 Å². The van der Waals surface area contributed by atoms with E-state index in [1.807, 2.05) is 4.90 Å². The zero-order valence-corrected chi connectivity index (χ0v) is 9.97. The van der Waals surface area contributed by atoms with Crippen LogP contribution in [0.3, 0.4) is 0 Å². The quantitative estimate of drug-likeness (QED) is 0.474. The number of alkyl halides is 3. The second-order valence-corrected chi connectivity index (χ2v) is 4.36. The maximum atomic E-state index is 11.9. The van der Waals surface area contributed by atoms with Gasteiger partial charge in [-0.1, -0.05) is 0 Å². The van der Waals surface area contributed by atoms with E-state index in [9.17, 15) is 13.2 Å². The molecule has 1 aliphatic rings. The van der Waals surface area contributed by atoms with Crippen molar-refractivity contribution in [2.75, 3.05) is 19.6 Å². The Kier molecular flexibility index (Phi) is 5.58. The molecule has 0 radical (unpaired) electrons. The van der Waals surface area contributed by atoms with Crippen LogP contribution in [0.2, 0.25) is 0 Å². The molecule has 0 amide bonds. The number of guanidine groups is 1. The van der Waals surface area contributed by atoms with E-state index in [0.29, 0.717) is 18.9 Å². The van der Waals surface area contributed by atoms with Crippen LogP contribution in [0.1, 0.15) is 38.5 Å². The number of nitrogens with zero attached hydrogens (tertiary/aromatic N) is 2. The Hall–Kier alpha value is -0.940. The van der Waals surface area contributed by atoms with Gasteiger partial charge in [0, 0.05) is 26.1 Å². The summed E-state index contributed by atoms with van der Waals surface area (Å²) in [6.45, 7) is 2.22. The fraction of sp³-hybridized carbons (Fsp3) is 0.909. The van der Waals surface area contributed by atoms with Gasteiger partial charge in [0.25, 0.3) is 0 Å². The summed E-state index contributed by atoms with van der Waals surface area (Å²) in [7, 11) is 0. The maximum Gasteiger partial charge on any atom is 0.389 e. The van der Waals surface area contributed by atoms with E-state index in [1.165, 1.54) is 6.42 Å². The Morgan fingerprint density at radius 1 is 1.12 bits per heavy atom. The average molecular weight is 251 g/mol. The van der Waals surface area contributed by atoms with Gasteiger partial charge in [-0.3, -0.25) is 4.99 Å². The first-order chi connectivity index (χ1) is 7.99. The van der Waals surface area contributed by atoms with E-state index in [4.69, 9.17) is 5.73 Å². The maximum absolute atomic E-state index is 11.9. The summed E-state index contributed by atoms with van der Waals surface area (Å²) in [4.78, 5) is 6.13. The van der Waals surface area contributed by atoms with Gasteiger partial charge in [-0.2, -0.15) is 13.2 Å². The molecular formula is C11H20F3N3. The summed E-state index contributed by atoms with van der Waals surface area (Å²) in [5, 5.41) is 0. The van der Waals surface area contributed by atoms with E-state index in [1.54, 1.807) is 0 Å². The normalized spacial score (nSPS) is 18.5. The number of aliphatic imine (C=N–C) groups is 1. The van der Waals surface area contributed by atoms with Crippen molar-refractivity contribution in [3.05, 3.63) is 0 Å². The molecule has 2 N–H and O–H groups in total. The fourth-order valence-electron chi connectivity index (χ4n) is 1.85. The fourth-order valence-corrected chi connectivity index (χ4v) is 1.85. The molecule has 6 heteroatoms. The third-order valence-electron chi connectivity index (χ3n) is 2.82. The molecule has 0 unspecified atom stereocenters. The number of unbranched alkanes of at least 4 members (excludes halogenated alkanes) is 1. The summed E-state index contributed by atoms with van der Waals surface area (Å²) in [6.07, 6.45) is -0.771. The van der Waals surface area contributed by atoms with E-state index in [2.05, 4.69) is 4.99 Å². The van der Waals surface area contributed by atoms with Gasteiger partial charge in [-0.15, -0.1) is 0 Å². The lowest BCUT2D eigenvalue weighted by atomic mass is 10.1. The molecule has 1 rings (SSSR count). The predicted molar refractivity (Wildman–Crippen MR) is 61.8 cm³/mol. The van der Waals surface area contributed by atoms with Crippen molar-refractivity contribution in [2.45, 2.75) is 44.7 Å². The minimum Gasteiger partial charge on any atom is -0.370 e. The Labute approximate surface area is 99.9 Å². The number of likely N-dealkylation sites (tertiary alicyclic amines) is 1. The van der Waals surface area contributed by atoms with Crippen LogP contribution in [-0.2, 0) is 0 Å². The Morgan fingerprint density at radius 3 is 2.35 bits per heavy atom. The van der Waals surface area contributed by atoms with Crippen LogP contribution in [0.5, 0.6) is 0 Å². The van der Waals surface area contributed by atoms with Crippen molar-refractivity contribution in [2.24, 2.45) is 10.7 Å². The number of piperidine rings is 1. The minimum absolute atomic E-state index is 0.125. The topological polar surface area (TPSA) is 41.6 Å². The number of nitrogens with two attached hydrogens (primary N) is 1. The van der Waals surface area contributed by atoms with E-state index in [0.717, 1.165) is 25.9 Å². The molecule has 0 aliphatic carbocycles. The lowest BCUT2D eigenvalue weighted by Gasteiger charge is -2.27. The first kappa shape index (κ1) is 14.1. The molecule has 1 heterocycles. The van der Waals surface area contributed by atoms with E-state index < -0.39 is 12.6 Å². The van der Waals surface area contributed by atoms with Crippen molar-refractivity contribution in [3.8, 4) is 0 Å². The summed E-state index contributed by atoms with van der Waals surface area (Å²) >= 11 is 0. The molecule has 0 aromatic heterocycles. The van der Waals surface area contributed by atoms with Crippen molar-refractivity contribution >= 4 is 5.96 Å². The Bertz CT molecular complexity index is 245. The van der Waals surface area contributed by atoms with Crippen LogP contribution < -0.4 is 5.73 Å². The molecule has 0 aromatic carbocycles. The molecule has 3 nitrogen and oxygen atoms in total. The summed E-state index contributed by atoms with van der Waals surface area (Å²) in [6, 6.07) is 0. The minimum atomic E-state index is -4.05. The van der Waals surface area contributed by atoms with Crippen LogP contribution in [0.4, 0.5) is 13.2 Å². The Morgan fingerprint density at radius 2 is 1.76 bits per heavy atom. The van der Waals surface area contributed by atoms with Gasteiger partial charge < -0.3 is 10.6 Å². The SMILES string of the molecule is NC(=NCCCCC(F)(F)F)N1CCCCC1. The van der Waals surface area contributed by atoms with Gasteiger partial charge in [-0.25, -0.2) is 0 Å². The summed E-state index contributed by atoms with van der Waals surface area (Å²) < 4.78 is 35.6. The molecule has 1 saturated heterocycles. The van der Waals surface area contributed by atoms with Gasteiger partial charge in [0.2, 0.25) is 0 Å². The van der Waals surface area contributed by atoms with E-state index in [-0.39, 0.29) is 6.42 Å². The zero-order valence-electron chi connectivity index (χ0n) is 9.97. The second kappa shape index (κ2) is 6.71. The lowest BCUT2D eigenvalue weighted by molar-refractivity contribution is -0.135. The van der Waals surface area contributed by atoms with Gasteiger partial charge in [0.1, 0.15) is 0 Å². The van der Waals surface area contributed by atoms with Crippen LogP contribution in [0.15, 0.2) is 4.99 Å². The molecule has 100 valence electrons. The third kappa shape index (κ3) is 6.38. The molecule has 0 spiro atoms. The number of rotatable bonds is 4. The third-order valence-corrected chi connectivity index (χ3v) is 2.82. The van der Waals surface area contributed by atoms with Crippen molar-refractivity contribution < 1.29 is 13.2 Å². The van der Waals surface area contributed by atoms with Crippen molar-refractivity contribution in [3.63, 3.8) is 0 Å². The van der Waals surface area contributed by atoms with Crippen LogP contribution in [0, 0.1) is 0 Å². The first-order valence-corrected chi connectivity index (χ1v) is 6.11. The van der Waals surface area contributed by atoms with Crippen LogP contribution in [-0.4, -0.2) is 36.7 Å². The van der Waals surface area contributed by atoms with Crippen LogP contribution in [0.25, 0.3) is 0 Å². The molecule has 17 heavy (non-hydrogen) atoms. The standard InChI is InChI=1S/C11H20F3N3/c12-11(13,14)6-2-3-7-16-10(15)17-8-4-1-5-9-17/h1-9H2,(H2,15,16). The van der Waals surface area contributed by atoms with Gasteiger partial charge >= 0.3 is 6.18 Å². The lowest BCUT2D eigenvalue weighted by Crippen LogP contribution is -2.40. The predicted octanol–water partition coefficient (Wildman–Crippen LogP) is 2.52. The van der Waals surface area contributed by atoms with Crippen molar-refractivity contribution in [1.29, 1.82) is 0 Å². The number of hydrogen-bond donors (Lipinski definition) is 1. The highest BCUT2D eigenvalue weighted by atomic mass is 19.4. The molecule has 0 bridgehead atoms. The smallest absolute Gasteiger partial charge is 0.370 e. The number of halogens is 3. The first-order valence-electron chi connectivity index (χ1n) is 6.11. The summed E-state index contributed by atoms with van der Waals surface area (Å²) in [5.74, 6) is 0.483. The van der Waals surface area contributed by atoms with E-state index >= 15 is 0 Å². The van der Waals surface area contributed by atoms with Gasteiger partial charge in [-0.05, 0) is 32.1 Å². The van der Waals surface area contributed by atoms with Gasteiger partial charge in [0.15, 0.2) is 5.96 Å². The Balaban J connectivity index is 2.14. The average Bonchev–Trinajstić information content (AvgIpc) is 2.28. The van der Waals surface area contributed by atoms with Crippen molar-refractivity contribution in [1.82, 2.24) is 4.90 Å². The van der Waals surface area contributed by atoms with Gasteiger partial charge in [0.05, 0.1) is 0 Å². The summed E-state index contributed by atoms with van der Waals surface area (Å²) in [5.41, 5.74) is 5.77. The second-order valence-electron chi connectivity index (χ2n) is 4.36. The highest BCUT2D eigenvalue weighted by Crippen LogP contribution is 2.22. The molecule has 1 fully saturated rings. The molecular weight excluding hydrogens is 231 g/mol. The largest absolute Gasteiger partial charge is 0.389 e. The molecule has 0 atom stereocenters. The highest BCUT2D eigenvalue weighted by Gasteiger charge is 2.25. The highest BCUT2D eigenvalue weighted by molar-refractivity contribution is 5.78. The monoisotopic (exact) mass is 251 g/mol. The molecule has 0 saturated carbocycles.